The van der Waals surface area contributed by atoms with Gasteiger partial charge < -0.3 is 39.5 Å². The van der Waals surface area contributed by atoms with Crippen molar-refractivity contribution >= 4 is 23.6 Å². The molecule has 0 aromatic heterocycles. The second-order valence-corrected chi connectivity index (χ2v) is 20.9. The Bertz CT molecular complexity index is 2010. The van der Waals surface area contributed by atoms with Crippen molar-refractivity contribution in [2.75, 3.05) is 32.2 Å². The van der Waals surface area contributed by atoms with Crippen LogP contribution < -0.4 is 4.90 Å². The summed E-state index contributed by atoms with van der Waals surface area (Å²) in [5, 5.41) is 50.6. The van der Waals surface area contributed by atoms with E-state index in [9.17, 15) is 34.8 Å². The molecule has 5 saturated carbocycles. The average molecular weight is 802 g/mol. The first-order chi connectivity index (χ1) is 27.7. The fourth-order valence-corrected chi connectivity index (χ4v) is 17.9. The summed E-state index contributed by atoms with van der Waals surface area (Å²) in [6.07, 6.45) is 6.02. The first kappa shape index (κ1) is 37.9. The smallest absolute Gasteiger partial charge is 0.362 e. The number of fused-ring (bicyclic) bond motifs is 7. The Balaban J connectivity index is 0.871. The van der Waals surface area contributed by atoms with Crippen LogP contribution in [0.25, 0.3) is 0 Å². The van der Waals surface area contributed by atoms with Gasteiger partial charge in [-0.25, -0.2) is 9.59 Å². The van der Waals surface area contributed by atoms with E-state index in [1.807, 2.05) is 6.07 Å². The van der Waals surface area contributed by atoms with Gasteiger partial charge in [0.2, 0.25) is 0 Å². The van der Waals surface area contributed by atoms with E-state index in [0.717, 1.165) is 30.5 Å². The van der Waals surface area contributed by atoms with Gasteiger partial charge in [-0.2, -0.15) is 0 Å². The molecule has 12 rings (SSSR count). The molecule has 6 heterocycles. The van der Waals surface area contributed by atoms with Crippen molar-refractivity contribution in [1.82, 2.24) is 0 Å². The fourth-order valence-electron chi connectivity index (χ4n) is 17.9. The highest BCUT2D eigenvalue weighted by atomic mass is 16.6. The minimum absolute atomic E-state index is 0.00132. The van der Waals surface area contributed by atoms with Crippen LogP contribution in [0, 0.1) is 46.3 Å². The number of methoxy groups -OCH3 is 1. The molecule has 6 aliphatic heterocycles. The third-order valence-electron chi connectivity index (χ3n) is 19.9. The number of anilines is 1. The summed E-state index contributed by atoms with van der Waals surface area (Å²) in [7, 11) is 3.48. The highest BCUT2D eigenvalue weighted by Crippen LogP contribution is 2.73. The molecule has 5 aliphatic carbocycles. The Morgan fingerprint density at radius 2 is 1.78 bits per heavy atom. The van der Waals surface area contributed by atoms with Gasteiger partial charge in [0, 0.05) is 55.3 Å². The highest BCUT2D eigenvalue weighted by Gasteiger charge is 2.83. The summed E-state index contributed by atoms with van der Waals surface area (Å²) in [6.45, 7) is 4.49. The quantitative estimate of drug-likeness (QED) is 0.189. The van der Waals surface area contributed by atoms with Crippen molar-refractivity contribution in [3.8, 4) is 0 Å². The summed E-state index contributed by atoms with van der Waals surface area (Å²) >= 11 is 0. The normalized spacial score (nSPS) is 52.6. The third-order valence-corrected chi connectivity index (χ3v) is 19.9. The maximum absolute atomic E-state index is 14.6. The lowest BCUT2D eigenvalue weighted by molar-refractivity contribution is -1.03. The average Bonchev–Trinajstić information content (AvgIpc) is 3.89. The summed E-state index contributed by atoms with van der Waals surface area (Å²) in [5.41, 5.74) is -1.55. The number of piperidine rings is 4. The summed E-state index contributed by atoms with van der Waals surface area (Å²) in [5.74, 6) is -1.64. The van der Waals surface area contributed by atoms with Gasteiger partial charge in [-0.05, 0) is 98.7 Å². The number of benzene rings is 1. The molecule has 12 heteroatoms. The number of quaternary nitrogens is 1. The third kappa shape index (κ3) is 4.14. The Labute approximate surface area is 340 Å². The molecule has 1 aromatic rings. The summed E-state index contributed by atoms with van der Waals surface area (Å²) < 4.78 is 17.5. The van der Waals surface area contributed by atoms with E-state index in [-0.39, 0.29) is 96.5 Å². The molecule has 314 valence electrons. The number of rotatable bonds is 6. The molecule has 0 amide bonds. The predicted molar refractivity (Wildman–Crippen MR) is 208 cm³/mol. The molecular formula is C46H61N2O10+. The zero-order valence-corrected chi connectivity index (χ0v) is 34.3. The number of carbonyl (C=O) groups is 3. The minimum atomic E-state index is -1.50. The number of para-hydroxylation sites is 1. The SMILES string of the molecule is CC[C@H]1C2C[C@H]3[C@@H]4N(C)c5ccccc5[C@]45C[C@@H](C2C5O)[N+]3(CC(=O)O[C@H]2CC[C@]3(C(=O)OC)[C@H]4CC[C@]5(C)[C@@H](C6=CC(=O)OC6)CC[C@]5(O)[C@@H]4CC[C@]3(O)C2)[C@@H]1O. The molecule has 5 bridgehead atoms. The first-order valence-electron chi connectivity index (χ1n) is 22.3. The monoisotopic (exact) mass is 801 g/mol. The van der Waals surface area contributed by atoms with E-state index in [0.29, 0.717) is 38.5 Å². The maximum Gasteiger partial charge on any atom is 0.362 e. The Hall–Kier alpha value is -3.03. The van der Waals surface area contributed by atoms with Crippen molar-refractivity contribution in [2.45, 2.75) is 144 Å². The largest absolute Gasteiger partial charge is 0.468 e. The van der Waals surface area contributed by atoms with Gasteiger partial charge in [-0.3, -0.25) is 9.28 Å². The van der Waals surface area contributed by atoms with Gasteiger partial charge in [0.05, 0.1) is 47.3 Å². The van der Waals surface area contributed by atoms with E-state index in [2.05, 4.69) is 44.0 Å². The van der Waals surface area contributed by atoms with E-state index >= 15 is 0 Å². The standard InChI is InChI=1S/C46H61N2O10/c1-5-26-27-19-33-38-44(31-8-6-7-9-32(31)47(38)3)21-34(37(27)39(44)51)48(33,40(26)52)22-36(50)58-25-10-16-45(41(53)56-4)29-11-14-42(2)28(24-18-35(49)57-23-24)13-17-46(42,55)30(29)12-15-43(45,54)20-25/h6-9,18,25-30,33-34,37-40,51-52,54-55H,5,10-17,19-23H2,1-4H3/q+1/t25-,26-,27?,28+,29-,30+,33-,34-,37?,38-,39?,40+,42+,43-,44+,45+,46-,48?/m0/s1. The van der Waals surface area contributed by atoms with E-state index in [1.54, 1.807) is 6.08 Å². The van der Waals surface area contributed by atoms with E-state index in [4.69, 9.17) is 14.2 Å². The lowest BCUT2D eigenvalue weighted by atomic mass is 9.41. The number of esters is 3. The number of ether oxygens (including phenoxy) is 3. The lowest BCUT2D eigenvalue weighted by Crippen LogP contribution is -2.83. The van der Waals surface area contributed by atoms with Crippen molar-refractivity contribution in [3.05, 3.63) is 41.5 Å². The van der Waals surface area contributed by atoms with Crippen molar-refractivity contribution in [1.29, 1.82) is 0 Å². The van der Waals surface area contributed by atoms with E-state index < -0.39 is 57.8 Å². The van der Waals surface area contributed by atoms with Crippen LogP contribution in [0.5, 0.6) is 0 Å². The number of carbonyl (C=O) groups excluding carboxylic acids is 3. The van der Waals surface area contributed by atoms with Crippen molar-refractivity contribution in [3.63, 3.8) is 0 Å². The van der Waals surface area contributed by atoms with Gasteiger partial charge in [-0.15, -0.1) is 0 Å². The second kappa shape index (κ2) is 12.1. The van der Waals surface area contributed by atoms with Gasteiger partial charge in [-0.1, -0.05) is 32.0 Å². The van der Waals surface area contributed by atoms with Crippen LogP contribution in [0.15, 0.2) is 35.9 Å². The van der Waals surface area contributed by atoms with Gasteiger partial charge in [0.15, 0.2) is 12.8 Å². The lowest BCUT2D eigenvalue weighted by Gasteiger charge is -2.67. The van der Waals surface area contributed by atoms with Crippen molar-refractivity contribution < 1.29 is 53.5 Å². The minimum Gasteiger partial charge on any atom is -0.468 e. The zero-order chi connectivity index (χ0) is 40.5. The molecule has 1 spiro atoms. The number of likely N-dealkylation sites (N-methyl/N-ethyl adjacent to an activating group) is 1. The molecule has 12 nitrogen and oxygen atoms in total. The Kier molecular flexibility index (Phi) is 7.90. The van der Waals surface area contributed by atoms with Crippen LogP contribution in [0.3, 0.4) is 0 Å². The molecule has 9 fully saturated rings. The van der Waals surface area contributed by atoms with Gasteiger partial charge >= 0.3 is 17.9 Å². The molecule has 4 unspecified atom stereocenters. The molecular weight excluding hydrogens is 741 g/mol. The number of aliphatic hydroxyl groups excluding tert-OH is 2. The van der Waals surface area contributed by atoms with Gasteiger partial charge in [0.1, 0.15) is 18.8 Å². The molecule has 4 saturated heterocycles. The molecule has 18 atom stereocenters. The van der Waals surface area contributed by atoms with Crippen LogP contribution in [-0.4, -0.2) is 118 Å². The predicted octanol–water partition coefficient (Wildman–Crippen LogP) is 3.51. The first-order valence-corrected chi connectivity index (χ1v) is 22.3. The van der Waals surface area contributed by atoms with Crippen LogP contribution in [0.1, 0.15) is 96.5 Å². The molecule has 11 aliphatic rings. The maximum atomic E-state index is 14.6. The summed E-state index contributed by atoms with van der Waals surface area (Å²) in [4.78, 5) is 43.2. The summed E-state index contributed by atoms with van der Waals surface area (Å²) in [6, 6.07) is 8.21. The van der Waals surface area contributed by atoms with Crippen LogP contribution >= 0.6 is 0 Å². The number of nitrogens with zero attached hydrogens (tertiary/aromatic N) is 2. The van der Waals surface area contributed by atoms with Crippen LogP contribution in [0.4, 0.5) is 5.69 Å². The highest BCUT2D eigenvalue weighted by molar-refractivity contribution is 5.85. The molecule has 58 heavy (non-hydrogen) atoms. The molecule has 4 N–H and O–H groups in total. The number of hydrogen-bond acceptors (Lipinski definition) is 11. The molecule has 1 aromatic carbocycles. The second-order valence-electron chi connectivity index (χ2n) is 20.9. The van der Waals surface area contributed by atoms with Crippen LogP contribution in [0.2, 0.25) is 0 Å². The van der Waals surface area contributed by atoms with Crippen LogP contribution in [-0.2, 0) is 34.0 Å². The fraction of sp³-hybridized carbons (Fsp3) is 0.761. The number of hydrogen-bond donors (Lipinski definition) is 4. The van der Waals surface area contributed by atoms with Crippen molar-refractivity contribution in [2.24, 2.45) is 46.3 Å². The topological polar surface area (TPSA) is 163 Å². The number of cyclic esters (lactones) is 1. The molecule has 0 radical (unpaired) electrons. The zero-order valence-electron chi connectivity index (χ0n) is 34.3. The Morgan fingerprint density at radius 3 is 2.52 bits per heavy atom. The Morgan fingerprint density at radius 1 is 1.00 bits per heavy atom. The van der Waals surface area contributed by atoms with E-state index in [1.165, 1.54) is 12.7 Å². The number of aliphatic hydroxyl groups is 4. The van der Waals surface area contributed by atoms with Gasteiger partial charge in [0.25, 0.3) is 0 Å².